The summed E-state index contributed by atoms with van der Waals surface area (Å²) in [6.07, 6.45) is 0. The molecule has 108 valence electrons. The van der Waals surface area contributed by atoms with Crippen LogP contribution >= 0.6 is 38.5 Å². The van der Waals surface area contributed by atoms with E-state index < -0.39 is 0 Å². The molecule has 0 spiro atoms. The minimum absolute atomic E-state index is 0.353. The molecule has 0 unspecified atom stereocenters. The Morgan fingerprint density at radius 1 is 1.05 bits per heavy atom. The Morgan fingerprint density at radius 2 is 1.71 bits per heavy atom. The topological polar surface area (TPSA) is 58.2 Å². The van der Waals surface area contributed by atoms with Crippen LogP contribution < -0.4 is 10.9 Å². The van der Waals surface area contributed by atoms with Gasteiger partial charge in [0, 0.05) is 13.6 Å². The molecular weight excluding hydrogens is 447 g/mol. The average Bonchev–Trinajstić information content (AvgIpc) is 2.47. The number of halogens is 2. The molecule has 2 aromatic rings. The van der Waals surface area contributed by atoms with Gasteiger partial charge in [-0.15, -0.1) is 0 Å². The minimum atomic E-state index is -0.377. The van der Waals surface area contributed by atoms with Crippen LogP contribution in [-0.2, 0) is 0 Å². The number of hydrogen-bond donors (Lipinski definition) is 2. The maximum atomic E-state index is 12.0. The van der Waals surface area contributed by atoms with Gasteiger partial charge in [0.15, 0.2) is 0 Å². The standard InChI is InChI=1S/C15H12BrIN2O2/c1-9-6-7-10(8-13(9)17)14(20)18-19-15(21)11-4-2-3-5-12(11)16/h2-8H,1H3,(H,18,20)(H,19,21). The molecule has 2 amide bonds. The molecule has 4 nitrogen and oxygen atoms in total. The Kier molecular flexibility index (Phi) is 5.35. The van der Waals surface area contributed by atoms with E-state index in [9.17, 15) is 9.59 Å². The number of nitrogens with one attached hydrogen (secondary N) is 2. The van der Waals surface area contributed by atoms with Crippen LogP contribution in [0.15, 0.2) is 46.9 Å². The van der Waals surface area contributed by atoms with E-state index in [-0.39, 0.29) is 11.8 Å². The maximum absolute atomic E-state index is 12.0. The second-order valence-electron chi connectivity index (χ2n) is 4.35. The first-order chi connectivity index (χ1) is 9.99. The van der Waals surface area contributed by atoms with Gasteiger partial charge in [-0.3, -0.25) is 20.4 Å². The lowest BCUT2D eigenvalue weighted by atomic mass is 10.1. The molecule has 0 heterocycles. The van der Waals surface area contributed by atoms with E-state index in [1.54, 1.807) is 30.3 Å². The summed E-state index contributed by atoms with van der Waals surface area (Å²) in [5, 5.41) is 0. The maximum Gasteiger partial charge on any atom is 0.270 e. The summed E-state index contributed by atoms with van der Waals surface area (Å²) in [7, 11) is 0. The van der Waals surface area contributed by atoms with Crippen molar-refractivity contribution in [2.24, 2.45) is 0 Å². The molecule has 2 aromatic carbocycles. The third kappa shape index (κ3) is 4.04. The van der Waals surface area contributed by atoms with Crippen molar-refractivity contribution in [2.75, 3.05) is 0 Å². The van der Waals surface area contributed by atoms with Gasteiger partial charge in [0.2, 0.25) is 0 Å². The first-order valence-corrected chi connectivity index (χ1v) is 7.97. The largest absolute Gasteiger partial charge is 0.270 e. The van der Waals surface area contributed by atoms with E-state index in [2.05, 4.69) is 49.4 Å². The monoisotopic (exact) mass is 458 g/mol. The van der Waals surface area contributed by atoms with Crippen molar-refractivity contribution in [3.63, 3.8) is 0 Å². The minimum Gasteiger partial charge on any atom is -0.267 e. The van der Waals surface area contributed by atoms with E-state index in [1.807, 2.05) is 19.1 Å². The molecule has 0 aliphatic heterocycles. The molecule has 21 heavy (non-hydrogen) atoms. The lowest BCUT2D eigenvalue weighted by Crippen LogP contribution is -2.41. The van der Waals surface area contributed by atoms with Gasteiger partial charge in [-0.05, 0) is 75.3 Å². The zero-order valence-corrected chi connectivity index (χ0v) is 14.9. The fraction of sp³-hybridized carbons (Fsp3) is 0.0667. The third-order valence-corrected chi connectivity index (χ3v) is 4.70. The van der Waals surface area contributed by atoms with Gasteiger partial charge < -0.3 is 0 Å². The van der Waals surface area contributed by atoms with Gasteiger partial charge in [-0.1, -0.05) is 18.2 Å². The summed E-state index contributed by atoms with van der Waals surface area (Å²) < 4.78 is 1.67. The number of aryl methyl sites for hydroxylation is 1. The van der Waals surface area contributed by atoms with Crippen LogP contribution in [-0.4, -0.2) is 11.8 Å². The van der Waals surface area contributed by atoms with Crippen molar-refractivity contribution in [1.29, 1.82) is 0 Å². The lowest BCUT2D eigenvalue weighted by Gasteiger charge is -2.09. The van der Waals surface area contributed by atoms with Crippen molar-refractivity contribution in [1.82, 2.24) is 10.9 Å². The lowest BCUT2D eigenvalue weighted by molar-refractivity contribution is 0.0846. The molecule has 0 aromatic heterocycles. The van der Waals surface area contributed by atoms with Gasteiger partial charge in [-0.25, -0.2) is 0 Å². The van der Waals surface area contributed by atoms with Gasteiger partial charge in [0.05, 0.1) is 5.56 Å². The Bertz CT molecular complexity index is 704. The highest BCUT2D eigenvalue weighted by molar-refractivity contribution is 14.1. The number of rotatable bonds is 2. The van der Waals surface area contributed by atoms with Gasteiger partial charge in [0.1, 0.15) is 0 Å². The molecule has 2 rings (SSSR count). The Morgan fingerprint density at radius 3 is 2.38 bits per heavy atom. The summed E-state index contributed by atoms with van der Waals surface area (Å²) in [6.45, 7) is 1.97. The van der Waals surface area contributed by atoms with Gasteiger partial charge in [-0.2, -0.15) is 0 Å². The van der Waals surface area contributed by atoms with Crippen molar-refractivity contribution in [2.45, 2.75) is 6.92 Å². The molecule has 0 saturated carbocycles. The number of hydrazine groups is 1. The van der Waals surface area contributed by atoms with Crippen molar-refractivity contribution in [3.8, 4) is 0 Å². The average molecular weight is 459 g/mol. The number of benzene rings is 2. The zero-order valence-electron chi connectivity index (χ0n) is 11.1. The molecule has 0 fully saturated rings. The van der Waals surface area contributed by atoms with Crippen LogP contribution in [0.2, 0.25) is 0 Å². The highest BCUT2D eigenvalue weighted by Gasteiger charge is 2.11. The number of hydrogen-bond acceptors (Lipinski definition) is 2. The van der Waals surface area contributed by atoms with Crippen LogP contribution in [0.1, 0.15) is 26.3 Å². The van der Waals surface area contributed by atoms with Gasteiger partial charge in [0.25, 0.3) is 11.8 Å². The summed E-state index contributed by atoms with van der Waals surface area (Å²) >= 11 is 5.46. The summed E-state index contributed by atoms with van der Waals surface area (Å²) in [5.41, 5.74) is 6.86. The Balaban J connectivity index is 2.02. The second kappa shape index (κ2) is 7.04. The summed E-state index contributed by atoms with van der Waals surface area (Å²) in [4.78, 5) is 24.0. The van der Waals surface area contributed by atoms with Crippen molar-refractivity contribution in [3.05, 3.63) is 67.2 Å². The SMILES string of the molecule is Cc1ccc(C(=O)NNC(=O)c2ccccc2Br)cc1I. The number of carbonyl (C=O) groups is 2. The summed E-state index contributed by atoms with van der Waals surface area (Å²) in [5.74, 6) is -0.731. The molecule has 0 aliphatic rings. The molecule has 0 saturated heterocycles. The number of carbonyl (C=O) groups excluding carboxylic acids is 2. The highest BCUT2D eigenvalue weighted by atomic mass is 127. The molecule has 6 heteroatoms. The van der Waals surface area contributed by atoms with Crippen LogP contribution in [0.5, 0.6) is 0 Å². The first kappa shape index (κ1) is 16.0. The Hall–Kier alpha value is -1.41. The van der Waals surface area contributed by atoms with E-state index in [0.29, 0.717) is 15.6 Å². The molecule has 0 bridgehead atoms. The molecule has 0 radical (unpaired) electrons. The molecule has 0 aliphatic carbocycles. The van der Waals surface area contributed by atoms with E-state index in [4.69, 9.17) is 0 Å². The molecule has 0 atom stereocenters. The first-order valence-electron chi connectivity index (χ1n) is 6.10. The predicted molar refractivity (Wildman–Crippen MR) is 93.0 cm³/mol. The Labute approximate surface area is 144 Å². The second-order valence-corrected chi connectivity index (χ2v) is 6.37. The molecular formula is C15H12BrIN2O2. The van der Waals surface area contributed by atoms with Crippen LogP contribution in [0.3, 0.4) is 0 Å². The fourth-order valence-electron chi connectivity index (χ4n) is 1.63. The van der Waals surface area contributed by atoms with E-state index in [0.717, 1.165) is 9.13 Å². The summed E-state index contributed by atoms with van der Waals surface area (Å²) in [6, 6.07) is 12.4. The van der Waals surface area contributed by atoms with Crippen molar-refractivity contribution >= 4 is 50.3 Å². The van der Waals surface area contributed by atoms with E-state index >= 15 is 0 Å². The van der Waals surface area contributed by atoms with Gasteiger partial charge >= 0.3 is 0 Å². The van der Waals surface area contributed by atoms with E-state index in [1.165, 1.54) is 0 Å². The zero-order chi connectivity index (χ0) is 15.4. The van der Waals surface area contributed by atoms with Crippen LogP contribution in [0.25, 0.3) is 0 Å². The third-order valence-electron chi connectivity index (χ3n) is 2.84. The van der Waals surface area contributed by atoms with Crippen molar-refractivity contribution < 1.29 is 9.59 Å². The fourth-order valence-corrected chi connectivity index (χ4v) is 2.61. The van der Waals surface area contributed by atoms with Crippen LogP contribution in [0, 0.1) is 10.5 Å². The number of amides is 2. The predicted octanol–water partition coefficient (Wildman–Crippen LogP) is 3.44. The normalized spacial score (nSPS) is 10.0. The highest BCUT2D eigenvalue weighted by Crippen LogP contribution is 2.15. The van der Waals surface area contributed by atoms with Crippen LogP contribution in [0.4, 0.5) is 0 Å². The molecule has 2 N–H and O–H groups in total. The quantitative estimate of drug-likeness (QED) is 0.535. The smallest absolute Gasteiger partial charge is 0.267 e.